The van der Waals surface area contributed by atoms with Gasteiger partial charge in [0.2, 0.25) is 6.10 Å². The summed E-state index contributed by atoms with van der Waals surface area (Å²) in [6.07, 6.45) is 3.08. The Bertz CT molecular complexity index is 786. The summed E-state index contributed by atoms with van der Waals surface area (Å²) in [5.41, 5.74) is 2.40. The summed E-state index contributed by atoms with van der Waals surface area (Å²) in [5.74, 6) is 0.786. The average molecular weight is 343 g/mol. The molecule has 1 aromatic carbocycles. The van der Waals surface area contributed by atoms with Crippen LogP contribution in [0, 0.1) is 0 Å². The van der Waals surface area contributed by atoms with E-state index >= 15 is 0 Å². The zero-order valence-corrected chi connectivity index (χ0v) is 14.6. The molecule has 1 spiro atoms. The Labute approximate surface area is 146 Å². The zero-order chi connectivity index (χ0) is 17.8. The number of methoxy groups -OCH3 is 2. The highest BCUT2D eigenvalue weighted by Gasteiger charge is 2.62. The van der Waals surface area contributed by atoms with E-state index in [2.05, 4.69) is 11.9 Å². The lowest BCUT2D eigenvalue weighted by molar-refractivity contribution is -0.151. The van der Waals surface area contributed by atoms with Crippen LogP contribution in [0.2, 0.25) is 0 Å². The molecule has 1 aromatic rings. The van der Waals surface area contributed by atoms with Crippen LogP contribution < -0.4 is 9.47 Å². The van der Waals surface area contributed by atoms with Crippen molar-refractivity contribution in [3.63, 3.8) is 0 Å². The van der Waals surface area contributed by atoms with Crippen LogP contribution in [0.15, 0.2) is 23.8 Å². The highest BCUT2D eigenvalue weighted by molar-refractivity contribution is 5.84. The van der Waals surface area contributed by atoms with E-state index in [1.807, 2.05) is 12.1 Å². The van der Waals surface area contributed by atoms with Crippen LogP contribution in [0.4, 0.5) is 0 Å². The van der Waals surface area contributed by atoms with Gasteiger partial charge in [0.1, 0.15) is 6.29 Å². The molecule has 2 heterocycles. The quantitative estimate of drug-likeness (QED) is 0.468. The van der Waals surface area contributed by atoms with Gasteiger partial charge in [0, 0.05) is 11.6 Å². The number of fused-ring (bicyclic) bond motifs is 1. The van der Waals surface area contributed by atoms with Crippen molar-refractivity contribution < 1.29 is 23.8 Å². The largest absolute Gasteiger partial charge is 0.493 e. The van der Waals surface area contributed by atoms with Gasteiger partial charge in [-0.15, -0.1) is 0 Å². The Morgan fingerprint density at radius 3 is 2.88 bits per heavy atom. The summed E-state index contributed by atoms with van der Waals surface area (Å²) in [6, 6.07) is 3.99. The summed E-state index contributed by atoms with van der Waals surface area (Å²) in [5, 5.41) is 0. The molecule has 6 nitrogen and oxygen atoms in total. The maximum absolute atomic E-state index is 12.6. The number of hydrogen-bond donors (Lipinski definition) is 0. The highest BCUT2D eigenvalue weighted by atomic mass is 16.6. The van der Waals surface area contributed by atoms with E-state index in [4.69, 9.17) is 14.2 Å². The number of esters is 1. The molecule has 2 aliphatic heterocycles. The van der Waals surface area contributed by atoms with E-state index in [0.717, 1.165) is 36.0 Å². The Balaban J connectivity index is 2.03. The maximum Gasteiger partial charge on any atom is 0.348 e. The van der Waals surface area contributed by atoms with E-state index in [1.165, 1.54) is 7.11 Å². The number of hydrogen-bond acceptors (Lipinski definition) is 6. The van der Waals surface area contributed by atoms with Gasteiger partial charge in [-0.05, 0) is 49.7 Å². The van der Waals surface area contributed by atoms with Gasteiger partial charge >= 0.3 is 5.97 Å². The maximum atomic E-state index is 12.6. The molecule has 0 amide bonds. The number of nitrogens with zero attached hydrogens (tertiary/aromatic N) is 1. The molecule has 0 N–H and O–H groups in total. The Hall–Kier alpha value is -2.34. The first-order valence-electron chi connectivity index (χ1n) is 8.39. The smallest absolute Gasteiger partial charge is 0.348 e. The lowest BCUT2D eigenvalue weighted by Gasteiger charge is -2.50. The van der Waals surface area contributed by atoms with E-state index in [0.29, 0.717) is 17.9 Å². The fourth-order valence-electron chi connectivity index (χ4n) is 4.79. The predicted octanol–water partition coefficient (Wildman–Crippen LogP) is 1.25. The van der Waals surface area contributed by atoms with Crippen LogP contribution >= 0.6 is 0 Å². The van der Waals surface area contributed by atoms with Crippen LogP contribution in [0.1, 0.15) is 17.5 Å². The number of aldehydes is 1. The molecule has 3 unspecified atom stereocenters. The molecule has 3 aliphatic rings. The van der Waals surface area contributed by atoms with Crippen molar-refractivity contribution in [3.8, 4) is 11.5 Å². The molecule has 2 bridgehead atoms. The minimum absolute atomic E-state index is 0.0709. The van der Waals surface area contributed by atoms with E-state index < -0.39 is 17.5 Å². The van der Waals surface area contributed by atoms with Gasteiger partial charge in [-0.1, -0.05) is 6.07 Å². The van der Waals surface area contributed by atoms with Gasteiger partial charge in [0.25, 0.3) is 0 Å². The summed E-state index contributed by atoms with van der Waals surface area (Å²) < 4.78 is 16.6. The number of piperidine rings is 1. The van der Waals surface area contributed by atoms with Gasteiger partial charge in [-0.3, -0.25) is 9.69 Å². The molecule has 25 heavy (non-hydrogen) atoms. The molecule has 0 saturated carbocycles. The topological polar surface area (TPSA) is 65.1 Å². The van der Waals surface area contributed by atoms with Gasteiger partial charge in [0.05, 0.1) is 19.6 Å². The van der Waals surface area contributed by atoms with Gasteiger partial charge in [-0.2, -0.15) is 0 Å². The third-order valence-electron chi connectivity index (χ3n) is 5.90. The molecule has 1 fully saturated rings. The van der Waals surface area contributed by atoms with Crippen molar-refractivity contribution in [2.75, 3.05) is 27.8 Å². The van der Waals surface area contributed by atoms with Gasteiger partial charge < -0.3 is 14.2 Å². The molecule has 0 aromatic heterocycles. The first kappa shape index (κ1) is 16.1. The van der Waals surface area contributed by atoms with Gasteiger partial charge in [-0.25, -0.2) is 4.79 Å². The Kier molecular flexibility index (Phi) is 3.61. The molecule has 3 atom stereocenters. The number of carbonyl (C=O) groups excluding carboxylic acids is 2. The molecule has 4 rings (SSSR count). The molecule has 0 radical (unpaired) electrons. The summed E-state index contributed by atoms with van der Waals surface area (Å²) >= 11 is 0. The minimum atomic E-state index is -0.801. The van der Waals surface area contributed by atoms with Crippen LogP contribution in [0.5, 0.6) is 11.5 Å². The fourth-order valence-corrected chi connectivity index (χ4v) is 4.79. The molecule has 1 aliphatic carbocycles. The first-order valence-corrected chi connectivity index (χ1v) is 8.39. The van der Waals surface area contributed by atoms with Crippen LogP contribution in [0.3, 0.4) is 0 Å². The van der Waals surface area contributed by atoms with Crippen molar-refractivity contribution in [1.29, 1.82) is 0 Å². The lowest BCUT2D eigenvalue weighted by Crippen LogP contribution is -2.59. The molecule has 6 heteroatoms. The number of carbonyl (C=O) groups is 2. The van der Waals surface area contributed by atoms with Crippen molar-refractivity contribution in [2.45, 2.75) is 30.4 Å². The summed E-state index contributed by atoms with van der Waals surface area (Å²) in [7, 11) is 5.00. The number of benzene rings is 1. The Morgan fingerprint density at radius 1 is 1.40 bits per heavy atom. The van der Waals surface area contributed by atoms with E-state index in [9.17, 15) is 9.59 Å². The third-order valence-corrected chi connectivity index (χ3v) is 5.90. The minimum Gasteiger partial charge on any atom is -0.493 e. The fraction of sp³-hybridized carbons (Fsp3) is 0.474. The first-order chi connectivity index (χ1) is 12.1. The number of rotatable bonds is 3. The van der Waals surface area contributed by atoms with Crippen LogP contribution in [-0.4, -0.2) is 57.1 Å². The van der Waals surface area contributed by atoms with Crippen molar-refractivity contribution in [3.05, 3.63) is 34.9 Å². The predicted molar refractivity (Wildman–Crippen MR) is 90.0 cm³/mol. The summed E-state index contributed by atoms with van der Waals surface area (Å²) in [4.78, 5) is 26.2. The SMILES string of the molecule is COC(=O)C1Oc2c(OC)ccc3c2C12CCN(C)C(C3)C2=CC=O. The Morgan fingerprint density at radius 2 is 2.20 bits per heavy atom. The van der Waals surface area contributed by atoms with Gasteiger partial charge in [0.15, 0.2) is 11.5 Å². The number of likely N-dealkylation sites (N-methyl/N-ethyl adjacent to an activating group) is 1. The van der Waals surface area contributed by atoms with Crippen molar-refractivity contribution in [2.24, 2.45) is 0 Å². The highest BCUT2D eigenvalue weighted by Crippen LogP contribution is 2.60. The lowest BCUT2D eigenvalue weighted by atomic mass is 9.59. The summed E-state index contributed by atoms with van der Waals surface area (Å²) in [6.45, 7) is 0.813. The van der Waals surface area contributed by atoms with E-state index in [-0.39, 0.29) is 6.04 Å². The molecule has 132 valence electrons. The normalized spacial score (nSPS) is 31.2. The second-order valence-corrected chi connectivity index (χ2v) is 6.83. The van der Waals surface area contributed by atoms with Crippen LogP contribution in [0.25, 0.3) is 0 Å². The standard InChI is InChI=1S/C19H21NO5/c1-20-8-7-19-12(6-9-21)13(20)10-11-4-5-14(23-2)16(15(11)19)25-17(19)18(22)24-3/h4-6,9,13,17H,7-8,10H2,1-3H3. The third kappa shape index (κ3) is 1.94. The number of allylic oxidation sites excluding steroid dienone is 1. The number of ether oxygens (including phenoxy) is 3. The zero-order valence-electron chi connectivity index (χ0n) is 14.6. The van der Waals surface area contributed by atoms with E-state index in [1.54, 1.807) is 13.2 Å². The van der Waals surface area contributed by atoms with Crippen molar-refractivity contribution >= 4 is 12.3 Å². The second kappa shape index (κ2) is 5.59. The number of likely N-dealkylation sites (tertiary alicyclic amines) is 1. The monoisotopic (exact) mass is 343 g/mol. The second-order valence-electron chi connectivity index (χ2n) is 6.83. The van der Waals surface area contributed by atoms with Crippen LogP contribution in [-0.2, 0) is 26.2 Å². The molecular weight excluding hydrogens is 322 g/mol. The molecular formula is C19H21NO5. The van der Waals surface area contributed by atoms with Crippen molar-refractivity contribution in [1.82, 2.24) is 4.90 Å². The molecule has 1 saturated heterocycles. The average Bonchev–Trinajstić information content (AvgIpc) is 2.97.